The third-order valence-electron chi connectivity index (χ3n) is 8.01. The number of hydrogen-bond donors (Lipinski definition) is 1. The number of nitrogens with one attached hydrogen (secondary N) is 1. The number of amides is 1. The lowest BCUT2D eigenvalue weighted by molar-refractivity contribution is 0.0575. The molecular weight excluding hydrogens is 502 g/mol. The Morgan fingerprint density at radius 1 is 1.12 bits per heavy atom. The Morgan fingerprint density at radius 3 is 2.52 bits per heavy atom. The second kappa shape index (κ2) is 9.30. The maximum atomic E-state index is 13.8. The molecule has 3 aliphatic rings. The van der Waals surface area contributed by atoms with Crippen molar-refractivity contribution in [1.29, 1.82) is 0 Å². The molecule has 1 amide bonds. The number of aromatic nitrogens is 4. The average Bonchev–Trinajstić information content (AvgIpc) is 3.64. The Morgan fingerprint density at radius 2 is 1.90 bits per heavy atom. The molecule has 1 N–H and O–H groups in total. The minimum Gasteiger partial charge on any atom is -0.443 e. The third kappa shape index (κ3) is 4.68. The summed E-state index contributed by atoms with van der Waals surface area (Å²) in [5.41, 5.74) is 4.63. The molecule has 3 aromatic heterocycles. The Labute approximate surface area is 234 Å². The number of hydrogen-bond acceptors (Lipinski definition) is 7. The quantitative estimate of drug-likeness (QED) is 0.370. The van der Waals surface area contributed by atoms with Crippen LogP contribution >= 0.6 is 0 Å². The maximum absolute atomic E-state index is 13.8. The number of nitrogens with zero attached hydrogens (tertiary/aromatic N) is 6. The molecule has 2 saturated heterocycles. The first kappa shape index (κ1) is 25.0. The predicted molar refractivity (Wildman–Crippen MR) is 155 cm³/mol. The van der Waals surface area contributed by atoms with E-state index in [1.807, 2.05) is 80.0 Å². The highest BCUT2D eigenvalue weighted by atomic mass is 16.6. The van der Waals surface area contributed by atoms with Gasteiger partial charge in [-0.2, -0.15) is 9.61 Å². The van der Waals surface area contributed by atoms with Gasteiger partial charge in [0.1, 0.15) is 17.2 Å². The van der Waals surface area contributed by atoms with Crippen LogP contribution in [-0.4, -0.2) is 57.5 Å². The van der Waals surface area contributed by atoms with Gasteiger partial charge < -0.3 is 15.0 Å². The van der Waals surface area contributed by atoms with E-state index in [0.717, 1.165) is 72.9 Å². The second-order valence-corrected chi connectivity index (χ2v) is 12.5. The molecule has 1 aliphatic carbocycles. The van der Waals surface area contributed by atoms with Gasteiger partial charge in [-0.3, -0.25) is 9.88 Å². The normalized spacial score (nSPS) is 17.9. The number of pyridine rings is 1. The fourth-order valence-corrected chi connectivity index (χ4v) is 5.67. The lowest BCUT2D eigenvalue weighted by atomic mass is 9.74. The van der Waals surface area contributed by atoms with Gasteiger partial charge in [-0.25, -0.2) is 9.78 Å². The maximum Gasteiger partial charge on any atom is 0.416 e. The van der Waals surface area contributed by atoms with E-state index in [0.29, 0.717) is 23.7 Å². The van der Waals surface area contributed by atoms with Gasteiger partial charge in [-0.1, -0.05) is 30.3 Å². The minimum absolute atomic E-state index is 0.336. The number of benzene rings is 1. The highest BCUT2D eigenvalue weighted by molar-refractivity contribution is 5.88. The van der Waals surface area contributed by atoms with E-state index in [-0.39, 0.29) is 0 Å². The zero-order valence-electron chi connectivity index (χ0n) is 23.3. The number of rotatable bonds is 6. The van der Waals surface area contributed by atoms with E-state index < -0.39 is 11.7 Å². The van der Waals surface area contributed by atoms with Crippen molar-refractivity contribution in [2.24, 2.45) is 5.41 Å². The summed E-state index contributed by atoms with van der Waals surface area (Å²) in [5, 5.41) is 8.15. The SMILES string of the molecule is CC(C)(C)OC(=O)N(Cc1ccc(-c2ccccn2)cc1)c1cc(N2CC3(CNC3)C2)nc2c(C3CC3)cnn12. The molecule has 206 valence electrons. The first-order valence-corrected chi connectivity index (χ1v) is 14.1. The van der Waals surface area contributed by atoms with E-state index >= 15 is 0 Å². The molecule has 7 rings (SSSR count). The molecule has 0 radical (unpaired) electrons. The molecule has 1 saturated carbocycles. The van der Waals surface area contributed by atoms with E-state index in [4.69, 9.17) is 14.8 Å². The number of fused-ring (bicyclic) bond motifs is 1. The fraction of sp³-hybridized carbons (Fsp3) is 0.419. The van der Waals surface area contributed by atoms with Gasteiger partial charge in [-0.15, -0.1) is 0 Å². The zero-order valence-corrected chi connectivity index (χ0v) is 23.3. The molecular formula is C31H35N7O2. The molecule has 3 fully saturated rings. The Balaban J connectivity index is 1.27. The summed E-state index contributed by atoms with van der Waals surface area (Å²) in [6.45, 7) is 10.1. The zero-order chi connectivity index (χ0) is 27.5. The van der Waals surface area contributed by atoms with Gasteiger partial charge in [0.15, 0.2) is 5.65 Å². The molecule has 9 heteroatoms. The smallest absolute Gasteiger partial charge is 0.416 e. The van der Waals surface area contributed by atoms with Crippen LogP contribution in [0.15, 0.2) is 60.9 Å². The number of carbonyl (C=O) groups is 1. The van der Waals surface area contributed by atoms with Gasteiger partial charge in [0.2, 0.25) is 0 Å². The fourth-order valence-electron chi connectivity index (χ4n) is 5.67. The van der Waals surface area contributed by atoms with Crippen molar-refractivity contribution < 1.29 is 9.53 Å². The van der Waals surface area contributed by atoms with Crippen LogP contribution in [0.2, 0.25) is 0 Å². The van der Waals surface area contributed by atoms with Crippen molar-refractivity contribution >= 4 is 23.4 Å². The van der Waals surface area contributed by atoms with Gasteiger partial charge in [-0.05, 0) is 57.2 Å². The standard InChI is InChI=1S/C31H35N7O2/c1-30(2,3)40-29(39)37(16-21-7-9-23(10-8-21)25-6-4-5-13-33-25)27-14-26(36-19-31(20-36)17-32-18-31)35-28-24(22-11-12-22)15-34-38(27)28/h4-10,13-15,22,32H,11-12,16-20H2,1-3H3. The van der Waals surface area contributed by atoms with Crippen molar-refractivity contribution in [3.63, 3.8) is 0 Å². The minimum atomic E-state index is -0.641. The first-order chi connectivity index (χ1) is 19.3. The van der Waals surface area contributed by atoms with Crippen LogP contribution in [0.3, 0.4) is 0 Å². The Hall–Kier alpha value is -3.98. The number of ether oxygens (including phenoxy) is 1. The predicted octanol–water partition coefficient (Wildman–Crippen LogP) is 5.02. The van der Waals surface area contributed by atoms with Gasteiger partial charge in [0.25, 0.3) is 0 Å². The van der Waals surface area contributed by atoms with Gasteiger partial charge in [0, 0.05) is 55.0 Å². The molecule has 4 aromatic rings. The molecule has 0 unspecified atom stereocenters. The van der Waals surface area contributed by atoms with Crippen LogP contribution in [0.4, 0.5) is 16.4 Å². The van der Waals surface area contributed by atoms with Gasteiger partial charge in [0.05, 0.1) is 18.4 Å². The summed E-state index contributed by atoms with van der Waals surface area (Å²) in [4.78, 5) is 27.4. The third-order valence-corrected chi connectivity index (χ3v) is 8.01. The Bertz CT molecular complexity index is 1540. The number of anilines is 2. The summed E-state index contributed by atoms with van der Waals surface area (Å²) in [7, 11) is 0. The monoisotopic (exact) mass is 537 g/mol. The molecule has 5 heterocycles. The van der Waals surface area contributed by atoms with Crippen LogP contribution < -0.4 is 15.1 Å². The molecule has 0 atom stereocenters. The van der Waals surface area contributed by atoms with Crippen LogP contribution in [0, 0.1) is 5.41 Å². The second-order valence-electron chi connectivity index (χ2n) is 12.5. The number of carbonyl (C=O) groups excluding carboxylic acids is 1. The lowest BCUT2D eigenvalue weighted by Gasteiger charge is -2.56. The molecule has 1 spiro atoms. The van der Waals surface area contributed by atoms with Crippen molar-refractivity contribution in [3.05, 3.63) is 72.1 Å². The molecule has 40 heavy (non-hydrogen) atoms. The van der Waals surface area contributed by atoms with Crippen LogP contribution in [0.25, 0.3) is 16.9 Å². The highest BCUT2D eigenvalue weighted by Crippen LogP contribution is 2.43. The largest absolute Gasteiger partial charge is 0.443 e. The van der Waals surface area contributed by atoms with E-state index in [1.54, 1.807) is 11.1 Å². The molecule has 2 aliphatic heterocycles. The molecule has 1 aromatic carbocycles. The first-order valence-electron chi connectivity index (χ1n) is 14.1. The molecule has 0 bridgehead atoms. The molecule has 9 nitrogen and oxygen atoms in total. The van der Waals surface area contributed by atoms with Crippen molar-refractivity contribution in [2.45, 2.75) is 51.7 Å². The van der Waals surface area contributed by atoms with Gasteiger partial charge >= 0.3 is 6.09 Å². The van der Waals surface area contributed by atoms with E-state index in [9.17, 15) is 4.79 Å². The van der Waals surface area contributed by atoms with Crippen molar-refractivity contribution in [1.82, 2.24) is 24.9 Å². The summed E-state index contributed by atoms with van der Waals surface area (Å²) in [5.74, 6) is 2.05. The van der Waals surface area contributed by atoms with E-state index in [2.05, 4.69) is 15.2 Å². The summed E-state index contributed by atoms with van der Waals surface area (Å²) < 4.78 is 7.75. The summed E-state index contributed by atoms with van der Waals surface area (Å²) in [6, 6.07) is 16.1. The topological polar surface area (TPSA) is 87.9 Å². The average molecular weight is 538 g/mol. The summed E-state index contributed by atoms with van der Waals surface area (Å²) >= 11 is 0. The summed E-state index contributed by atoms with van der Waals surface area (Å²) in [6.07, 6.45) is 5.61. The lowest BCUT2D eigenvalue weighted by Crippen LogP contribution is -2.71. The van der Waals surface area contributed by atoms with Crippen LogP contribution in [0.1, 0.15) is 50.7 Å². The highest BCUT2D eigenvalue weighted by Gasteiger charge is 2.48. The van der Waals surface area contributed by atoms with Crippen LogP contribution in [-0.2, 0) is 11.3 Å². The van der Waals surface area contributed by atoms with Crippen molar-refractivity contribution in [3.8, 4) is 11.3 Å². The Kier molecular flexibility index (Phi) is 5.82. The van der Waals surface area contributed by atoms with E-state index in [1.165, 1.54) is 0 Å². The van der Waals surface area contributed by atoms with Crippen LogP contribution in [0.5, 0.6) is 0 Å². The van der Waals surface area contributed by atoms with Crippen molar-refractivity contribution in [2.75, 3.05) is 36.0 Å².